The minimum atomic E-state index is -3.25. The molecule has 0 saturated heterocycles. The summed E-state index contributed by atoms with van der Waals surface area (Å²) in [7, 11) is -3.25. The summed E-state index contributed by atoms with van der Waals surface area (Å²) in [5, 5.41) is -0.460. The Bertz CT molecular complexity index is 482. The maximum Gasteiger partial charge on any atom is 0.240 e. The van der Waals surface area contributed by atoms with Crippen molar-refractivity contribution in [3.05, 3.63) is 24.3 Å². The number of hydrogen-bond donors (Lipinski definition) is 0. The lowest BCUT2D eigenvalue weighted by Gasteiger charge is -2.06. The summed E-state index contributed by atoms with van der Waals surface area (Å²) in [6, 6.07) is 5.82. The van der Waals surface area contributed by atoms with Gasteiger partial charge in [-0.05, 0) is 38.1 Å². The van der Waals surface area contributed by atoms with Crippen LogP contribution >= 0.6 is 0 Å². The van der Waals surface area contributed by atoms with E-state index in [0.29, 0.717) is 5.69 Å². The lowest BCUT2D eigenvalue weighted by Crippen LogP contribution is -2.13. The summed E-state index contributed by atoms with van der Waals surface area (Å²) in [5.74, 6) is 0. The van der Waals surface area contributed by atoms with Crippen molar-refractivity contribution in [3.63, 3.8) is 0 Å². The van der Waals surface area contributed by atoms with E-state index in [0.717, 1.165) is 0 Å². The number of rotatable bonds is 3. The zero-order valence-corrected chi connectivity index (χ0v) is 9.28. The molecule has 1 aromatic rings. The Morgan fingerprint density at radius 1 is 1.20 bits per heavy atom. The Morgan fingerprint density at radius 3 is 2.13 bits per heavy atom. The molecule has 4 nitrogen and oxygen atoms in total. The van der Waals surface area contributed by atoms with Gasteiger partial charge in [0.15, 0.2) is 9.84 Å². The molecule has 1 aromatic carbocycles. The van der Waals surface area contributed by atoms with Crippen LogP contribution in [0.1, 0.15) is 13.8 Å². The number of benzene rings is 1. The quantitative estimate of drug-likeness (QED) is 0.582. The third-order valence-electron chi connectivity index (χ3n) is 1.96. The Morgan fingerprint density at radius 2 is 1.73 bits per heavy atom. The molecule has 0 aliphatic rings. The molecule has 0 N–H and O–H groups in total. The highest BCUT2D eigenvalue weighted by atomic mass is 32.2. The molecule has 80 valence electrons. The lowest BCUT2D eigenvalue weighted by molar-refractivity contribution is 0.565. The normalized spacial score (nSPS) is 11.1. The van der Waals surface area contributed by atoms with E-state index >= 15 is 0 Å². The highest BCUT2D eigenvalue weighted by molar-refractivity contribution is 7.92. The molecule has 15 heavy (non-hydrogen) atoms. The third kappa shape index (κ3) is 2.52. The van der Waals surface area contributed by atoms with Crippen molar-refractivity contribution < 1.29 is 13.2 Å². The Kier molecular flexibility index (Phi) is 3.39. The van der Waals surface area contributed by atoms with Crippen LogP contribution in [-0.2, 0) is 14.6 Å². The van der Waals surface area contributed by atoms with Crippen LogP contribution in [-0.4, -0.2) is 19.7 Å². The second-order valence-electron chi connectivity index (χ2n) is 3.29. The fourth-order valence-corrected chi connectivity index (χ4v) is 2.09. The van der Waals surface area contributed by atoms with Crippen LogP contribution < -0.4 is 0 Å². The van der Waals surface area contributed by atoms with Crippen LogP contribution in [0.5, 0.6) is 0 Å². The second-order valence-corrected chi connectivity index (χ2v) is 5.79. The van der Waals surface area contributed by atoms with E-state index in [9.17, 15) is 13.2 Å². The van der Waals surface area contributed by atoms with Gasteiger partial charge in [-0.1, -0.05) is 0 Å². The van der Waals surface area contributed by atoms with Gasteiger partial charge < -0.3 is 0 Å². The molecule has 0 spiro atoms. The first-order valence-electron chi connectivity index (χ1n) is 4.40. The molecular weight excluding hydrogens is 214 g/mol. The predicted molar refractivity (Wildman–Crippen MR) is 56.5 cm³/mol. The van der Waals surface area contributed by atoms with Gasteiger partial charge >= 0.3 is 0 Å². The van der Waals surface area contributed by atoms with E-state index in [2.05, 4.69) is 4.99 Å². The first-order valence-corrected chi connectivity index (χ1v) is 5.95. The number of carbonyl (C=O) groups excluding carboxylic acids is 1. The minimum absolute atomic E-state index is 0.238. The van der Waals surface area contributed by atoms with Crippen LogP contribution in [0.25, 0.3) is 0 Å². The van der Waals surface area contributed by atoms with Gasteiger partial charge in [0, 0.05) is 0 Å². The highest BCUT2D eigenvalue weighted by Gasteiger charge is 2.18. The van der Waals surface area contributed by atoms with Crippen LogP contribution in [0.4, 0.5) is 5.69 Å². The van der Waals surface area contributed by atoms with Gasteiger partial charge in [0.05, 0.1) is 15.8 Å². The maximum absolute atomic E-state index is 11.7. The molecule has 0 aliphatic carbocycles. The fourth-order valence-electron chi connectivity index (χ4n) is 1.04. The van der Waals surface area contributed by atoms with Crippen LogP contribution in [0.15, 0.2) is 34.2 Å². The van der Waals surface area contributed by atoms with Crippen molar-refractivity contribution in [2.75, 3.05) is 0 Å². The van der Waals surface area contributed by atoms with Crippen LogP contribution in [0.2, 0.25) is 0 Å². The lowest BCUT2D eigenvalue weighted by atomic mass is 10.3. The zero-order valence-electron chi connectivity index (χ0n) is 8.47. The molecule has 5 heteroatoms. The van der Waals surface area contributed by atoms with Crippen molar-refractivity contribution in [2.45, 2.75) is 24.0 Å². The molecule has 0 saturated carbocycles. The smallest absolute Gasteiger partial charge is 0.223 e. The summed E-state index contributed by atoms with van der Waals surface area (Å²) in [4.78, 5) is 13.6. The molecule has 0 unspecified atom stereocenters. The first-order chi connectivity index (χ1) is 6.98. The second kappa shape index (κ2) is 4.38. The Balaban J connectivity index is 3.15. The van der Waals surface area contributed by atoms with E-state index in [1.807, 2.05) is 0 Å². The number of hydrogen-bond acceptors (Lipinski definition) is 4. The summed E-state index contributed by atoms with van der Waals surface area (Å²) >= 11 is 0. The highest BCUT2D eigenvalue weighted by Crippen LogP contribution is 2.19. The molecule has 0 amide bonds. The average Bonchev–Trinajstić information content (AvgIpc) is 2.19. The fraction of sp³-hybridized carbons (Fsp3) is 0.300. The molecule has 0 aliphatic heterocycles. The molecule has 0 atom stereocenters. The van der Waals surface area contributed by atoms with Gasteiger partial charge in [-0.3, -0.25) is 0 Å². The molecule has 0 bridgehead atoms. The minimum Gasteiger partial charge on any atom is -0.223 e. The maximum atomic E-state index is 11.7. The van der Waals surface area contributed by atoms with Gasteiger partial charge in [0.1, 0.15) is 0 Å². The van der Waals surface area contributed by atoms with Crippen LogP contribution in [0, 0.1) is 0 Å². The molecular formula is C10H11NO3S. The van der Waals surface area contributed by atoms with Crippen LogP contribution in [0.3, 0.4) is 0 Å². The Hall–Kier alpha value is -1.45. The summed E-state index contributed by atoms with van der Waals surface area (Å²) in [6.45, 7) is 3.24. The average molecular weight is 225 g/mol. The van der Waals surface area contributed by atoms with E-state index in [1.54, 1.807) is 13.8 Å². The van der Waals surface area contributed by atoms with E-state index in [4.69, 9.17) is 0 Å². The zero-order chi connectivity index (χ0) is 11.5. The van der Waals surface area contributed by atoms with Gasteiger partial charge in [-0.2, -0.15) is 4.99 Å². The monoisotopic (exact) mass is 225 g/mol. The van der Waals surface area contributed by atoms with Crippen molar-refractivity contribution in [3.8, 4) is 0 Å². The number of nitrogens with zero attached hydrogens (tertiary/aromatic N) is 1. The Labute approximate surface area is 88.6 Å². The van der Waals surface area contributed by atoms with Crippen molar-refractivity contribution >= 4 is 21.6 Å². The first kappa shape index (κ1) is 11.6. The van der Waals surface area contributed by atoms with Gasteiger partial charge in [-0.15, -0.1) is 0 Å². The molecule has 0 heterocycles. The SMILES string of the molecule is CC(C)S(=O)(=O)c1ccc(N=C=O)cc1. The van der Waals surface area contributed by atoms with Gasteiger partial charge in [0.2, 0.25) is 6.08 Å². The molecule has 0 fully saturated rings. The number of isocyanates is 1. The number of sulfone groups is 1. The van der Waals surface area contributed by atoms with E-state index < -0.39 is 15.1 Å². The largest absolute Gasteiger partial charge is 0.240 e. The number of aliphatic imine (C=N–C) groups is 1. The molecule has 0 radical (unpaired) electrons. The van der Waals surface area contributed by atoms with Gasteiger partial charge in [0.25, 0.3) is 0 Å². The van der Waals surface area contributed by atoms with E-state index in [-0.39, 0.29) is 4.90 Å². The van der Waals surface area contributed by atoms with E-state index in [1.165, 1.54) is 30.3 Å². The summed E-state index contributed by atoms with van der Waals surface area (Å²) < 4.78 is 23.4. The van der Waals surface area contributed by atoms with Crippen molar-refractivity contribution in [1.82, 2.24) is 0 Å². The summed E-state index contributed by atoms with van der Waals surface area (Å²) in [5.41, 5.74) is 0.396. The van der Waals surface area contributed by atoms with Crippen molar-refractivity contribution in [2.24, 2.45) is 4.99 Å². The third-order valence-corrected chi connectivity index (χ3v) is 4.13. The topological polar surface area (TPSA) is 63.6 Å². The molecule has 0 aromatic heterocycles. The predicted octanol–water partition coefficient (Wildman–Crippen LogP) is 1.84. The van der Waals surface area contributed by atoms with Crippen molar-refractivity contribution in [1.29, 1.82) is 0 Å². The summed E-state index contributed by atoms with van der Waals surface area (Å²) in [6.07, 6.45) is 1.39. The molecule has 1 rings (SSSR count). The van der Waals surface area contributed by atoms with Gasteiger partial charge in [-0.25, -0.2) is 13.2 Å². The standard InChI is InChI=1S/C10H11NO3S/c1-8(2)15(13,14)10-5-3-9(4-6-10)11-7-12/h3-6,8H,1-2H3.